The third-order valence-corrected chi connectivity index (χ3v) is 11.5. The molecule has 0 radical (unpaired) electrons. The van der Waals surface area contributed by atoms with Crippen molar-refractivity contribution in [3.63, 3.8) is 0 Å². The Labute approximate surface area is 366 Å². The van der Waals surface area contributed by atoms with E-state index in [2.05, 4.69) is 168 Å². The van der Waals surface area contributed by atoms with Crippen molar-refractivity contribution in [1.29, 1.82) is 0 Å². The highest BCUT2D eigenvalue weighted by atomic mass is 16.5. The number of para-hydroxylation sites is 4. The van der Waals surface area contributed by atoms with Gasteiger partial charge < -0.3 is 23.7 Å². The Morgan fingerprint density at radius 2 is 0.921 bits per heavy atom. The number of rotatable bonds is 11. The summed E-state index contributed by atoms with van der Waals surface area (Å²) >= 11 is 0. The minimum Gasteiger partial charge on any atom is -0.457 e. The van der Waals surface area contributed by atoms with E-state index in [4.69, 9.17) is 13.9 Å². The molecule has 0 aliphatic heterocycles. The average Bonchev–Trinajstić information content (AvgIpc) is 3.73. The summed E-state index contributed by atoms with van der Waals surface area (Å²) in [5.74, 6) is 2.90. The predicted octanol–water partition coefficient (Wildman–Crippen LogP) is 17.0. The van der Waals surface area contributed by atoms with Gasteiger partial charge in [0.2, 0.25) is 0 Å². The Morgan fingerprint density at radius 1 is 0.397 bits per heavy atom. The molecule has 5 nitrogen and oxygen atoms in total. The Hall–Kier alpha value is -8.28. The lowest BCUT2D eigenvalue weighted by Gasteiger charge is -2.26. The molecule has 0 atom stereocenters. The van der Waals surface area contributed by atoms with Gasteiger partial charge in [0.05, 0.1) is 5.69 Å². The molecule has 1 aromatic heterocycles. The molecule has 0 bridgehead atoms. The lowest BCUT2D eigenvalue weighted by Crippen LogP contribution is -2.10. The van der Waals surface area contributed by atoms with Crippen LogP contribution in [0.3, 0.4) is 0 Å². The summed E-state index contributed by atoms with van der Waals surface area (Å²) in [6.45, 7) is 0. The molecule has 0 spiro atoms. The summed E-state index contributed by atoms with van der Waals surface area (Å²) in [5.41, 5.74) is 10.1. The van der Waals surface area contributed by atoms with Gasteiger partial charge in [-0.2, -0.15) is 0 Å². The van der Waals surface area contributed by atoms with E-state index in [1.165, 1.54) is 11.1 Å². The minimum atomic E-state index is 0.705. The lowest BCUT2D eigenvalue weighted by atomic mass is 9.99. The van der Waals surface area contributed by atoms with E-state index in [0.29, 0.717) is 5.75 Å². The van der Waals surface area contributed by atoms with Gasteiger partial charge in [-0.15, -0.1) is 0 Å². The van der Waals surface area contributed by atoms with Crippen LogP contribution in [0.5, 0.6) is 23.0 Å². The topological polar surface area (TPSA) is 38.1 Å². The second kappa shape index (κ2) is 16.6. The van der Waals surface area contributed by atoms with Crippen LogP contribution in [0.2, 0.25) is 0 Å². The Morgan fingerprint density at radius 3 is 1.57 bits per heavy atom. The van der Waals surface area contributed by atoms with Crippen molar-refractivity contribution in [2.75, 3.05) is 9.80 Å². The summed E-state index contributed by atoms with van der Waals surface area (Å²) < 4.78 is 20.2. The van der Waals surface area contributed by atoms with Crippen LogP contribution in [0.25, 0.3) is 38.3 Å². The van der Waals surface area contributed by atoms with Crippen LogP contribution in [-0.2, 0) is 0 Å². The van der Waals surface area contributed by atoms with Crippen LogP contribution in [0.4, 0.5) is 34.1 Å². The first kappa shape index (κ1) is 37.7. The first-order valence-electron chi connectivity index (χ1n) is 21.4. The molecular weight excluding hydrogens is 773 g/mol. The Kier molecular flexibility index (Phi) is 9.96. The molecule has 11 rings (SSSR count). The van der Waals surface area contributed by atoms with Gasteiger partial charge >= 0.3 is 0 Å². The van der Waals surface area contributed by atoms with Gasteiger partial charge in [-0.25, -0.2) is 0 Å². The molecule has 0 saturated heterocycles. The zero-order valence-corrected chi connectivity index (χ0v) is 34.5. The van der Waals surface area contributed by atoms with E-state index in [1.807, 2.05) is 72.8 Å². The van der Waals surface area contributed by atoms with Crippen molar-refractivity contribution in [3.05, 3.63) is 236 Å². The fraction of sp³-hybridized carbons (Fsp3) is 0.0345. The van der Waals surface area contributed by atoms with Crippen molar-refractivity contribution in [3.8, 4) is 23.0 Å². The van der Waals surface area contributed by atoms with E-state index in [9.17, 15) is 0 Å². The molecule has 0 fully saturated rings. The summed E-state index contributed by atoms with van der Waals surface area (Å²) in [7, 11) is 0. The van der Waals surface area contributed by atoms with Crippen LogP contribution < -0.4 is 19.3 Å². The van der Waals surface area contributed by atoms with Gasteiger partial charge in [-0.05, 0) is 109 Å². The predicted molar refractivity (Wildman–Crippen MR) is 260 cm³/mol. The van der Waals surface area contributed by atoms with Crippen LogP contribution in [0, 0.1) is 0 Å². The van der Waals surface area contributed by atoms with Crippen LogP contribution >= 0.6 is 0 Å². The summed E-state index contributed by atoms with van der Waals surface area (Å²) in [4.78, 5) is 4.50. The summed E-state index contributed by atoms with van der Waals surface area (Å²) in [6, 6.07) is 72.9. The molecule has 0 saturated carbocycles. The molecule has 1 aliphatic rings. The number of nitrogens with zero attached hydrogens (tertiary/aromatic N) is 2. The standard InChI is InChI=1S/C58H42N2O3/c1-4-18-41(19-5-1)42-20-12-25-45(38-42)60(54-34-15-33-53-52-30-10-11-35-57(52)63-58(53)54)47-27-14-29-49(40-47)62-56-37-17-31-50-51(56)32-16-36-55(50)61-48-28-13-26-46(39-48)59(43-21-6-2-7-22-43)44-23-8-3-9-24-44/h2-4,6-40H,1,5H2. The highest BCUT2D eigenvalue weighted by molar-refractivity contribution is 6.10. The summed E-state index contributed by atoms with van der Waals surface area (Å²) in [6.07, 6.45) is 8.90. The van der Waals surface area contributed by atoms with Crippen molar-refractivity contribution in [2.24, 2.45) is 0 Å². The van der Waals surface area contributed by atoms with Crippen LogP contribution in [0.1, 0.15) is 18.4 Å². The Balaban J connectivity index is 0.947. The number of hydrogen-bond acceptors (Lipinski definition) is 5. The van der Waals surface area contributed by atoms with Gasteiger partial charge in [0.15, 0.2) is 5.58 Å². The third kappa shape index (κ3) is 7.47. The smallest absolute Gasteiger partial charge is 0.159 e. The number of furan rings is 1. The van der Waals surface area contributed by atoms with Crippen molar-refractivity contribution < 1.29 is 13.9 Å². The maximum Gasteiger partial charge on any atom is 0.159 e. The minimum absolute atomic E-state index is 0.705. The van der Waals surface area contributed by atoms with Crippen LogP contribution in [0.15, 0.2) is 235 Å². The molecule has 0 unspecified atom stereocenters. The maximum atomic E-state index is 6.83. The first-order chi connectivity index (χ1) is 31.2. The third-order valence-electron chi connectivity index (χ3n) is 11.5. The van der Waals surface area contributed by atoms with Gasteiger partial charge in [0.25, 0.3) is 0 Å². The molecule has 9 aromatic carbocycles. The molecule has 1 heterocycles. The monoisotopic (exact) mass is 814 g/mol. The number of anilines is 6. The zero-order valence-electron chi connectivity index (χ0n) is 34.5. The van der Waals surface area contributed by atoms with Crippen LogP contribution in [-0.4, -0.2) is 0 Å². The van der Waals surface area contributed by atoms with Gasteiger partial charge in [-0.1, -0.05) is 133 Å². The van der Waals surface area contributed by atoms with E-state index in [1.54, 1.807) is 0 Å². The number of allylic oxidation sites excluding steroid dienone is 4. The van der Waals surface area contributed by atoms with Crippen molar-refractivity contribution in [1.82, 2.24) is 0 Å². The average molecular weight is 815 g/mol. The second-order valence-electron chi connectivity index (χ2n) is 15.6. The largest absolute Gasteiger partial charge is 0.457 e. The summed E-state index contributed by atoms with van der Waals surface area (Å²) in [5, 5.41) is 4.04. The zero-order chi connectivity index (χ0) is 42.0. The maximum absolute atomic E-state index is 6.83. The lowest BCUT2D eigenvalue weighted by molar-refractivity contribution is 0.483. The molecule has 10 aromatic rings. The molecule has 0 N–H and O–H groups in total. The van der Waals surface area contributed by atoms with E-state index in [-0.39, 0.29) is 0 Å². The molecule has 5 heteroatoms. The van der Waals surface area contributed by atoms with E-state index < -0.39 is 0 Å². The highest BCUT2D eigenvalue weighted by Crippen LogP contribution is 2.45. The molecule has 302 valence electrons. The quantitative estimate of drug-likeness (QED) is 0.130. The fourth-order valence-electron chi connectivity index (χ4n) is 8.65. The molecule has 1 aliphatic carbocycles. The fourth-order valence-corrected chi connectivity index (χ4v) is 8.65. The first-order valence-corrected chi connectivity index (χ1v) is 21.4. The molecule has 63 heavy (non-hydrogen) atoms. The highest BCUT2D eigenvalue weighted by Gasteiger charge is 2.21. The second-order valence-corrected chi connectivity index (χ2v) is 15.6. The SMILES string of the molecule is C1=CC(c2cccc(N(c3cccc(Oc4cccc5c(Oc6cccc(N(c7ccccc7)c7ccccc7)c6)cccc45)c3)c3cccc4c3oc3ccccc34)c2)=CCC1. The normalized spacial score (nSPS) is 12.3. The molecular formula is C58H42N2O3. The number of hydrogen-bond donors (Lipinski definition) is 0. The van der Waals surface area contributed by atoms with Gasteiger partial charge in [0.1, 0.15) is 28.6 Å². The molecule has 0 amide bonds. The van der Waals surface area contributed by atoms with E-state index in [0.717, 1.165) is 96.9 Å². The van der Waals surface area contributed by atoms with Crippen molar-refractivity contribution in [2.45, 2.75) is 12.8 Å². The number of fused-ring (bicyclic) bond motifs is 4. The van der Waals surface area contributed by atoms with Crippen molar-refractivity contribution >= 4 is 72.4 Å². The number of ether oxygens (including phenoxy) is 2. The Bertz CT molecular complexity index is 3280. The van der Waals surface area contributed by atoms with Gasteiger partial charge in [-0.3, -0.25) is 0 Å². The van der Waals surface area contributed by atoms with Gasteiger partial charge in [0, 0.05) is 62.1 Å². The number of benzene rings is 9. The van der Waals surface area contributed by atoms with E-state index >= 15 is 0 Å².